The van der Waals surface area contributed by atoms with Gasteiger partial charge in [0.25, 0.3) is 0 Å². The van der Waals surface area contributed by atoms with Crippen LogP contribution in [0.4, 0.5) is 4.39 Å². The van der Waals surface area contributed by atoms with Crippen molar-refractivity contribution >= 4 is 0 Å². The second-order valence-electron chi connectivity index (χ2n) is 5.27. The molecule has 2 aromatic rings. The minimum absolute atomic E-state index is 0.0823. The van der Waals surface area contributed by atoms with E-state index in [0.29, 0.717) is 6.42 Å². The van der Waals surface area contributed by atoms with E-state index in [1.165, 1.54) is 12.1 Å². The third-order valence-electron chi connectivity index (χ3n) is 3.87. The largest absolute Gasteiger partial charge is 0.392 e. The molecule has 0 bridgehead atoms. The number of aryl methyl sites for hydroxylation is 1. The maximum Gasteiger partial charge on any atom is 0.123 e. The molecule has 1 N–H and O–H groups in total. The average molecular weight is 272 g/mol. The third-order valence-corrected chi connectivity index (χ3v) is 3.87. The molecule has 1 nitrogen and oxygen atoms in total. The second-order valence-corrected chi connectivity index (χ2v) is 5.27. The maximum absolute atomic E-state index is 13.3. The van der Waals surface area contributed by atoms with Gasteiger partial charge in [-0.1, -0.05) is 43.3 Å². The molecule has 0 aliphatic rings. The van der Waals surface area contributed by atoms with Crippen LogP contribution < -0.4 is 0 Å². The summed E-state index contributed by atoms with van der Waals surface area (Å²) in [7, 11) is 0. The van der Waals surface area contributed by atoms with Crippen molar-refractivity contribution in [3.05, 3.63) is 71.0 Å². The Morgan fingerprint density at radius 3 is 2.45 bits per heavy atom. The van der Waals surface area contributed by atoms with Gasteiger partial charge in [0.05, 0.1) is 6.10 Å². The quantitative estimate of drug-likeness (QED) is 0.863. The first-order valence-electron chi connectivity index (χ1n) is 7.10. The van der Waals surface area contributed by atoms with Gasteiger partial charge in [-0.2, -0.15) is 0 Å². The topological polar surface area (TPSA) is 20.2 Å². The lowest BCUT2D eigenvalue weighted by Crippen LogP contribution is -2.21. The molecule has 0 fully saturated rings. The minimum Gasteiger partial charge on any atom is -0.392 e. The molecule has 0 aliphatic heterocycles. The van der Waals surface area contributed by atoms with Gasteiger partial charge in [-0.05, 0) is 48.6 Å². The first-order chi connectivity index (χ1) is 9.61. The molecular formula is C18H21FO. The van der Waals surface area contributed by atoms with Gasteiger partial charge in [-0.25, -0.2) is 4.39 Å². The molecule has 0 saturated heterocycles. The Labute approximate surface area is 120 Å². The molecule has 2 unspecified atom stereocenters. The number of halogens is 1. The Morgan fingerprint density at radius 2 is 1.80 bits per heavy atom. The molecule has 0 heterocycles. The third kappa shape index (κ3) is 3.45. The van der Waals surface area contributed by atoms with Crippen LogP contribution in [0.3, 0.4) is 0 Å². The van der Waals surface area contributed by atoms with Gasteiger partial charge in [-0.3, -0.25) is 0 Å². The predicted octanol–water partition coefficient (Wildman–Crippen LogP) is 4.23. The number of rotatable bonds is 5. The fourth-order valence-corrected chi connectivity index (χ4v) is 2.66. The lowest BCUT2D eigenvalue weighted by Gasteiger charge is -2.23. The zero-order chi connectivity index (χ0) is 14.5. The van der Waals surface area contributed by atoms with Crippen LogP contribution in [0.2, 0.25) is 0 Å². The van der Waals surface area contributed by atoms with Gasteiger partial charge in [0, 0.05) is 5.92 Å². The zero-order valence-corrected chi connectivity index (χ0v) is 12.0. The van der Waals surface area contributed by atoms with E-state index in [9.17, 15) is 9.50 Å². The van der Waals surface area contributed by atoms with Crippen LogP contribution in [-0.2, 0) is 6.42 Å². The molecule has 0 amide bonds. The molecule has 2 heteroatoms. The van der Waals surface area contributed by atoms with E-state index in [-0.39, 0.29) is 11.7 Å². The molecule has 2 rings (SSSR count). The molecule has 0 aliphatic carbocycles. The van der Waals surface area contributed by atoms with Crippen molar-refractivity contribution in [1.29, 1.82) is 0 Å². The Balaban J connectivity index is 2.17. The Morgan fingerprint density at radius 1 is 1.10 bits per heavy atom. The van der Waals surface area contributed by atoms with Gasteiger partial charge in [0.1, 0.15) is 5.82 Å². The molecule has 0 saturated carbocycles. The van der Waals surface area contributed by atoms with Crippen molar-refractivity contribution in [2.45, 2.75) is 38.7 Å². The molecule has 2 atom stereocenters. The summed E-state index contributed by atoms with van der Waals surface area (Å²) >= 11 is 0. The van der Waals surface area contributed by atoms with Crippen molar-refractivity contribution in [2.24, 2.45) is 0 Å². The molecule has 20 heavy (non-hydrogen) atoms. The standard InChI is InChI=1S/C18H21FO/c1-3-17(14-7-5-4-6-8-14)18(20)12-15-11-16(19)10-9-13(15)2/h4-11,17-18,20H,3,12H2,1-2H3. The van der Waals surface area contributed by atoms with Crippen LogP contribution in [-0.4, -0.2) is 11.2 Å². The van der Waals surface area contributed by atoms with Gasteiger partial charge < -0.3 is 5.11 Å². The maximum atomic E-state index is 13.3. The van der Waals surface area contributed by atoms with Crippen molar-refractivity contribution in [3.8, 4) is 0 Å². The van der Waals surface area contributed by atoms with Gasteiger partial charge in [-0.15, -0.1) is 0 Å². The number of aliphatic hydroxyl groups excluding tert-OH is 1. The normalized spacial score (nSPS) is 14.0. The van der Waals surface area contributed by atoms with Crippen LogP contribution in [0, 0.1) is 12.7 Å². The summed E-state index contributed by atoms with van der Waals surface area (Å²) in [6.45, 7) is 4.02. The molecule has 0 radical (unpaired) electrons. The number of aliphatic hydroxyl groups is 1. The van der Waals surface area contributed by atoms with E-state index in [0.717, 1.165) is 23.1 Å². The van der Waals surface area contributed by atoms with Crippen LogP contribution in [0.25, 0.3) is 0 Å². The predicted molar refractivity (Wildman–Crippen MR) is 80.3 cm³/mol. The Bertz CT molecular complexity index is 551. The summed E-state index contributed by atoms with van der Waals surface area (Å²) in [5.74, 6) is -0.163. The number of benzene rings is 2. The minimum atomic E-state index is -0.497. The SMILES string of the molecule is CCC(c1ccccc1)C(O)Cc1cc(F)ccc1C. The van der Waals surface area contributed by atoms with E-state index in [1.54, 1.807) is 6.07 Å². The van der Waals surface area contributed by atoms with Crippen LogP contribution in [0.1, 0.15) is 36.0 Å². The highest BCUT2D eigenvalue weighted by atomic mass is 19.1. The molecule has 0 spiro atoms. The zero-order valence-electron chi connectivity index (χ0n) is 12.0. The van der Waals surface area contributed by atoms with Crippen LogP contribution in [0.15, 0.2) is 48.5 Å². The molecule has 2 aromatic carbocycles. The summed E-state index contributed by atoms with van der Waals surface area (Å²) in [4.78, 5) is 0. The van der Waals surface area contributed by atoms with Crippen molar-refractivity contribution in [1.82, 2.24) is 0 Å². The average Bonchev–Trinajstić information content (AvgIpc) is 2.45. The van der Waals surface area contributed by atoms with Crippen LogP contribution >= 0.6 is 0 Å². The highest BCUT2D eigenvalue weighted by Gasteiger charge is 2.20. The summed E-state index contributed by atoms with van der Waals surface area (Å²) in [6.07, 6.45) is 0.846. The molecule has 106 valence electrons. The monoisotopic (exact) mass is 272 g/mol. The lowest BCUT2D eigenvalue weighted by molar-refractivity contribution is 0.140. The van der Waals surface area contributed by atoms with E-state index in [2.05, 4.69) is 6.92 Å². The summed E-state index contributed by atoms with van der Waals surface area (Å²) in [5.41, 5.74) is 3.04. The number of hydrogen-bond donors (Lipinski definition) is 1. The smallest absolute Gasteiger partial charge is 0.123 e. The van der Waals surface area contributed by atoms with E-state index in [1.807, 2.05) is 37.3 Å². The van der Waals surface area contributed by atoms with Crippen molar-refractivity contribution in [3.63, 3.8) is 0 Å². The van der Waals surface area contributed by atoms with Gasteiger partial charge in [0.2, 0.25) is 0 Å². The lowest BCUT2D eigenvalue weighted by atomic mass is 9.87. The number of hydrogen-bond acceptors (Lipinski definition) is 1. The Kier molecular flexibility index (Phi) is 4.91. The fraction of sp³-hybridized carbons (Fsp3) is 0.333. The first-order valence-corrected chi connectivity index (χ1v) is 7.10. The van der Waals surface area contributed by atoms with Crippen molar-refractivity contribution < 1.29 is 9.50 Å². The molecular weight excluding hydrogens is 251 g/mol. The second kappa shape index (κ2) is 6.67. The Hall–Kier alpha value is -1.67. The van der Waals surface area contributed by atoms with E-state index < -0.39 is 6.10 Å². The van der Waals surface area contributed by atoms with Gasteiger partial charge in [0.15, 0.2) is 0 Å². The summed E-state index contributed by atoms with van der Waals surface area (Å²) < 4.78 is 13.3. The highest BCUT2D eigenvalue weighted by Crippen LogP contribution is 2.26. The van der Waals surface area contributed by atoms with Crippen molar-refractivity contribution in [2.75, 3.05) is 0 Å². The van der Waals surface area contributed by atoms with Gasteiger partial charge >= 0.3 is 0 Å². The molecule has 0 aromatic heterocycles. The summed E-state index contributed by atoms with van der Waals surface area (Å²) in [6, 6.07) is 14.8. The first kappa shape index (κ1) is 14.7. The van der Waals surface area contributed by atoms with E-state index in [4.69, 9.17) is 0 Å². The fourth-order valence-electron chi connectivity index (χ4n) is 2.66. The summed E-state index contributed by atoms with van der Waals surface area (Å²) in [5, 5.41) is 10.5. The van der Waals surface area contributed by atoms with E-state index >= 15 is 0 Å². The highest BCUT2D eigenvalue weighted by molar-refractivity contribution is 5.28. The van der Waals surface area contributed by atoms with Crippen LogP contribution in [0.5, 0.6) is 0 Å².